The molecule has 1 aliphatic rings. The third-order valence-electron chi connectivity index (χ3n) is 2.47. The summed E-state index contributed by atoms with van der Waals surface area (Å²) < 4.78 is 5.21. The zero-order valence-corrected chi connectivity index (χ0v) is 8.26. The molecule has 70 valence electrons. The van der Waals surface area contributed by atoms with Crippen molar-refractivity contribution in [3.63, 3.8) is 0 Å². The van der Waals surface area contributed by atoms with Gasteiger partial charge in [0.2, 0.25) is 0 Å². The maximum absolute atomic E-state index is 11.2. The largest absolute Gasteiger partial charge is 0.441 e. The summed E-state index contributed by atoms with van der Waals surface area (Å²) in [6, 6.07) is 0.231. The highest BCUT2D eigenvalue weighted by Gasteiger charge is 2.44. The fourth-order valence-electron chi connectivity index (χ4n) is 1.77. The van der Waals surface area contributed by atoms with E-state index in [1.54, 1.807) is 11.9 Å². The molecule has 0 radical (unpaired) electrons. The zero-order valence-electron chi connectivity index (χ0n) is 8.26. The summed E-state index contributed by atoms with van der Waals surface area (Å²) in [6.07, 6.45) is 1.89. The summed E-state index contributed by atoms with van der Waals surface area (Å²) in [5, 5.41) is 0. The highest BCUT2D eigenvalue weighted by Crippen LogP contribution is 2.30. The van der Waals surface area contributed by atoms with Crippen LogP contribution in [0.3, 0.4) is 0 Å². The summed E-state index contributed by atoms with van der Waals surface area (Å²) in [6.45, 7) is 6.05. The van der Waals surface area contributed by atoms with E-state index in [1.807, 2.05) is 13.8 Å². The van der Waals surface area contributed by atoms with E-state index < -0.39 is 0 Å². The number of carbonyl (C=O) groups excluding carboxylic acids is 1. The number of likely N-dealkylation sites (N-methyl/N-ethyl adjacent to an activating group) is 1. The molecule has 1 aliphatic heterocycles. The van der Waals surface area contributed by atoms with Crippen molar-refractivity contribution in [3.8, 4) is 0 Å². The Labute approximate surface area is 73.7 Å². The van der Waals surface area contributed by atoms with Gasteiger partial charge in [-0.2, -0.15) is 0 Å². The van der Waals surface area contributed by atoms with Gasteiger partial charge in [0.1, 0.15) is 5.60 Å². The van der Waals surface area contributed by atoms with Crippen LogP contribution in [0, 0.1) is 0 Å². The quantitative estimate of drug-likeness (QED) is 0.636. The summed E-state index contributed by atoms with van der Waals surface area (Å²) in [7, 11) is 1.80. The van der Waals surface area contributed by atoms with E-state index in [1.165, 1.54) is 0 Å². The van der Waals surface area contributed by atoms with Gasteiger partial charge < -0.3 is 9.64 Å². The monoisotopic (exact) mass is 171 g/mol. The van der Waals surface area contributed by atoms with Crippen LogP contribution in [-0.4, -0.2) is 29.7 Å². The maximum atomic E-state index is 11.2. The summed E-state index contributed by atoms with van der Waals surface area (Å²) >= 11 is 0. The Balaban J connectivity index is 2.74. The summed E-state index contributed by atoms with van der Waals surface area (Å²) in [5.41, 5.74) is -0.318. The second-order valence-electron chi connectivity index (χ2n) is 3.89. The van der Waals surface area contributed by atoms with Crippen LogP contribution in [0.1, 0.15) is 33.6 Å². The molecule has 3 heteroatoms. The SMILES string of the molecule is CCCC1N(C)C(=O)OC1(C)C. The smallest absolute Gasteiger partial charge is 0.410 e. The molecule has 0 saturated carbocycles. The number of rotatable bonds is 2. The predicted octanol–water partition coefficient (Wildman–Crippen LogP) is 2.02. The van der Waals surface area contributed by atoms with Gasteiger partial charge in [-0.05, 0) is 20.3 Å². The van der Waals surface area contributed by atoms with Crippen molar-refractivity contribution in [3.05, 3.63) is 0 Å². The highest BCUT2D eigenvalue weighted by molar-refractivity contribution is 5.71. The van der Waals surface area contributed by atoms with Crippen LogP contribution >= 0.6 is 0 Å². The molecular formula is C9H17NO2. The number of carbonyl (C=O) groups is 1. The number of hydrogen-bond acceptors (Lipinski definition) is 2. The van der Waals surface area contributed by atoms with Crippen molar-refractivity contribution in [2.24, 2.45) is 0 Å². The average Bonchev–Trinajstić information content (AvgIpc) is 2.13. The number of amides is 1. The van der Waals surface area contributed by atoms with Gasteiger partial charge in [-0.25, -0.2) is 4.79 Å². The molecule has 1 unspecified atom stereocenters. The van der Waals surface area contributed by atoms with Crippen LogP contribution in [0.2, 0.25) is 0 Å². The lowest BCUT2D eigenvalue weighted by molar-refractivity contribution is 0.0657. The first-order chi connectivity index (χ1) is 5.49. The lowest BCUT2D eigenvalue weighted by Gasteiger charge is -2.26. The molecule has 1 rings (SSSR count). The van der Waals surface area contributed by atoms with E-state index in [0.29, 0.717) is 0 Å². The summed E-state index contributed by atoms with van der Waals surface area (Å²) in [4.78, 5) is 12.9. The Hall–Kier alpha value is -0.730. The molecule has 1 atom stereocenters. The van der Waals surface area contributed by atoms with Gasteiger partial charge in [-0.15, -0.1) is 0 Å². The first-order valence-electron chi connectivity index (χ1n) is 4.45. The van der Waals surface area contributed by atoms with E-state index in [2.05, 4.69) is 6.92 Å². The van der Waals surface area contributed by atoms with Crippen molar-refractivity contribution in [2.75, 3.05) is 7.05 Å². The normalized spacial score (nSPS) is 27.5. The first-order valence-corrected chi connectivity index (χ1v) is 4.45. The van der Waals surface area contributed by atoms with E-state index >= 15 is 0 Å². The van der Waals surface area contributed by atoms with Crippen molar-refractivity contribution >= 4 is 6.09 Å². The number of ether oxygens (including phenoxy) is 1. The second kappa shape index (κ2) is 2.96. The molecule has 12 heavy (non-hydrogen) atoms. The van der Waals surface area contributed by atoms with E-state index in [0.717, 1.165) is 12.8 Å². The molecule has 0 spiro atoms. The average molecular weight is 171 g/mol. The Morgan fingerprint density at radius 3 is 2.50 bits per heavy atom. The Morgan fingerprint density at radius 2 is 2.17 bits per heavy atom. The number of nitrogens with zero attached hydrogens (tertiary/aromatic N) is 1. The van der Waals surface area contributed by atoms with Crippen molar-refractivity contribution in [1.29, 1.82) is 0 Å². The van der Waals surface area contributed by atoms with E-state index in [4.69, 9.17) is 4.74 Å². The van der Waals surface area contributed by atoms with Gasteiger partial charge >= 0.3 is 6.09 Å². The van der Waals surface area contributed by atoms with E-state index in [9.17, 15) is 4.79 Å². The minimum atomic E-state index is -0.318. The molecule has 0 aromatic rings. The fourth-order valence-corrected chi connectivity index (χ4v) is 1.77. The van der Waals surface area contributed by atoms with Gasteiger partial charge in [0.25, 0.3) is 0 Å². The third kappa shape index (κ3) is 1.40. The van der Waals surface area contributed by atoms with Crippen molar-refractivity contribution in [1.82, 2.24) is 4.90 Å². The molecule has 1 saturated heterocycles. The topological polar surface area (TPSA) is 29.5 Å². The van der Waals surface area contributed by atoms with Crippen LogP contribution < -0.4 is 0 Å². The Kier molecular flexibility index (Phi) is 2.31. The standard InChI is InChI=1S/C9H17NO2/c1-5-6-7-9(2,3)12-8(11)10(7)4/h7H,5-6H2,1-4H3. The molecule has 0 aliphatic carbocycles. The number of hydrogen-bond donors (Lipinski definition) is 0. The molecule has 1 fully saturated rings. The van der Waals surface area contributed by atoms with Crippen LogP contribution in [0.5, 0.6) is 0 Å². The molecule has 0 bridgehead atoms. The molecule has 0 aromatic carbocycles. The van der Waals surface area contributed by atoms with Crippen molar-refractivity contribution in [2.45, 2.75) is 45.3 Å². The Bertz CT molecular complexity index is 189. The number of cyclic esters (lactones) is 1. The molecule has 1 heterocycles. The summed E-state index contributed by atoms with van der Waals surface area (Å²) in [5.74, 6) is 0. The van der Waals surface area contributed by atoms with Gasteiger partial charge in [-0.3, -0.25) is 0 Å². The lowest BCUT2D eigenvalue weighted by Crippen LogP contribution is -2.39. The van der Waals surface area contributed by atoms with Crippen LogP contribution in [-0.2, 0) is 4.74 Å². The zero-order chi connectivity index (χ0) is 9.35. The van der Waals surface area contributed by atoms with Gasteiger partial charge in [0.05, 0.1) is 6.04 Å². The minimum absolute atomic E-state index is 0.196. The van der Waals surface area contributed by atoms with Crippen molar-refractivity contribution < 1.29 is 9.53 Å². The molecule has 0 N–H and O–H groups in total. The van der Waals surface area contributed by atoms with Crippen LogP contribution in [0.15, 0.2) is 0 Å². The molecule has 3 nitrogen and oxygen atoms in total. The third-order valence-corrected chi connectivity index (χ3v) is 2.47. The van der Waals surface area contributed by atoms with Crippen LogP contribution in [0.25, 0.3) is 0 Å². The van der Waals surface area contributed by atoms with Gasteiger partial charge in [0.15, 0.2) is 0 Å². The molecular weight excluding hydrogens is 154 g/mol. The molecule has 1 amide bonds. The van der Waals surface area contributed by atoms with Gasteiger partial charge in [0, 0.05) is 7.05 Å². The lowest BCUT2D eigenvalue weighted by atomic mass is 9.95. The second-order valence-corrected chi connectivity index (χ2v) is 3.89. The predicted molar refractivity (Wildman–Crippen MR) is 47.0 cm³/mol. The minimum Gasteiger partial charge on any atom is -0.441 e. The van der Waals surface area contributed by atoms with Gasteiger partial charge in [-0.1, -0.05) is 13.3 Å². The first kappa shape index (κ1) is 9.36. The fraction of sp³-hybridized carbons (Fsp3) is 0.889. The maximum Gasteiger partial charge on any atom is 0.410 e. The Morgan fingerprint density at radius 1 is 1.58 bits per heavy atom. The van der Waals surface area contributed by atoms with E-state index in [-0.39, 0.29) is 17.7 Å². The molecule has 0 aromatic heterocycles. The highest BCUT2D eigenvalue weighted by atomic mass is 16.6. The van der Waals surface area contributed by atoms with Crippen LogP contribution in [0.4, 0.5) is 4.79 Å².